The first-order valence-corrected chi connectivity index (χ1v) is 6.46. The van der Waals surface area contributed by atoms with Crippen LogP contribution in [0.15, 0.2) is 45.5 Å². The Kier molecular flexibility index (Phi) is 3.84. The van der Waals surface area contributed by atoms with Crippen molar-refractivity contribution in [3.63, 3.8) is 0 Å². The molecule has 0 aliphatic rings. The fourth-order valence-corrected chi connectivity index (χ4v) is 2.04. The summed E-state index contributed by atoms with van der Waals surface area (Å²) in [5, 5.41) is 3.87. The summed E-state index contributed by atoms with van der Waals surface area (Å²) in [5.74, 6) is 0.781. The Bertz CT molecular complexity index is 517. The van der Waals surface area contributed by atoms with Gasteiger partial charge in [-0.05, 0) is 62.2 Å². The molecular formula is C11H7Br2ClN2. The highest BCUT2D eigenvalue weighted by Gasteiger charge is 2.00. The number of hydrogen-bond donors (Lipinski definition) is 1. The second kappa shape index (κ2) is 5.17. The predicted octanol–water partition coefficient (Wildman–Crippen LogP) is 5.00. The van der Waals surface area contributed by atoms with Gasteiger partial charge in [0.2, 0.25) is 0 Å². The van der Waals surface area contributed by atoms with Crippen molar-refractivity contribution >= 4 is 55.0 Å². The fraction of sp³-hybridized carbons (Fsp3) is 0. The second-order valence-corrected chi connectivity index (χ2v) is 5.17. The number of pyridine rings is 1. The molecule has 0 aliphatic heterocycles. The van der Waals surface area contributed by atoms with E-state index in [2.05, 4.69) is 42.2 Å². The number of nitrogens with zero attached hydrogens (tertiary/aromatic N) is 1. The average molecular weight is 362 g/mol. The lowest BCUT2D eigenvalue weighted by Gasteiger charge is -2.06. The summed E-state index contributed by atoms with van der Waals surface area (Å²) in [6.45, 7) is 0. The van der Waals surface area contributed by atoms with Gasteiger partial charge < -0.3 is 5.32 Å². The van der Waals surface area contributed by atoms with Crippen LogP contribution in [0.4, 0.5) is 11.5 Å². The van der Waals surface area contributed by atoms with Crippen molar-refractivity contribution in [1.29, 1.82) is 0 Å². The number of benzene rings is 1. The van der Waals surface area contributed by atoms with E-state index in [9.17, 15) is 0 Å². The van der Waals surface area contributed by atoms with Gasteiger partial charge >= 0.3 is 0 Å². The van der Waals surface area contributed by atoms with Crippen LogP contribution in [0, 0.1) is 0 Å². The predicted molar refractivity (Wildman–Crippen MR) is 74.4 cm³/mol. The molecule has 0 radical (unpaired) electrons. The van der Waals surface area contributed by atoms with Crippen molar-refractivity contribution < 1.29 is 0 Å². The molecule has 2 rings (SSSR count). The van der Waals surface area contributed by atoms with Gasteiger partial charge in [-0.25, -0.2) is 4.98 Å². The first-order chi connectivity index (χ1) is 7.65. The Balaban J connectivity index is 2.24. The minimum atomic E-state index is 0.688. The summed E-state index contributed by atoms with van der Waals surface area (Å²) < 4.78 is 1.65. The summed E-state index contributed by atoms with van der Waals surface area (Å²) in [4.78, 5) is 4.28. The third-order valence-electron chi connectivity index (χ3n) is 1.91. The third-order valence-corrected chi connectivity index (χ3v) is 3.56. The Labute approximate surface area is 115 Å². The monoisotopic (exact) mass is 360 g/mol. The normalized spacial score (nSPS) is 10.2. The van der Waals surface area contributed by atoms with E-state index in [1.165, 1.54) is 0 Å². The van der Waals surface area contributed by atoms with Crippen LogP contribution < -0.4 is 5.32 Å². The minimum Gasteiger partial charge on any atom is -0.340 e. The van der Waals surface area contributed by atoms with Gasteiger partial charge in [-0.3, -0.25) is 0 Å². The average Bonchev–Trinajstić information content (AvgIpc) is 2.24. The molecule has 1 aromatic carbocycles. The molecule has 0 spiro atoms. The number of halogens is 3. The lowest BCUT2D eigenvalue weighted by Crippen LogP contribution is -1.93. The number of anilines is 2. The van der Waals surface area contributed by atoms with Gasteiger partial charge in [0.05, 0.1) is 5.02 Å². The molecule has 0 saturated carbocycles. The highest BCUT2D eigenvalue weighted by Crippen LogP contribution is 2.27. The molecule has 5 heteroatoms. The Morgan fingerprint density at radius 3 is 2.62 bits per heavy atom. The standard InChI is InChI=1S/C11H7Br2ClN2/c12-8-6-7(4-5-9(8)14)15-11-3-1-2-10(13)16-11/h1-6H,(H,15,16). The first-order valence-electron chi connectivity index (χ1n) is 4.50. The molecule has 0 fully saturated rings. The molecule has 0 bridgehead atoms. The minimum absolute atomic E-state index is 0.688. The molecule has 1 aromatic heterocycles. The first kappa shape index (κ1) is 11.9. The molecule has 16 heavy (non-hydrogen) atoms. The van der Waals surface area contributed by atoms with Crippen molar-refractivity contribution in [3.05, 3.63) is 50.5 Å². The summed E-state index contributed by atoms with van der Waals surface area (Å²) in [7, 11) is 0. The molecule has 0 saturated heterocycles. The zero-order chi connectivity index (χ0) is 11.5. The van der Waals surface area contributed by atoms with Gasteiger partial charge in [-0.15, -0.1) is 0 Å². The third kappa shape index (κ3) is 2.97. The molecule has 0 atom stereocenters. The quantitative estimate of drug-likeness (QED) is 0.760. The molecular weight excluding hydrogens is 355 g/mol. The Hall–Kier alpha value is -0.580. The van der Waals surface area contributed by atoms with Crippen molar-refractivity contribution in [2.75, 3.05) is 5.32 Å². The van der Waals surface area contributed by atoms with E-state index >= 15 is 0 Å². The molecule has 2 nitrogen and oxygen atoms in total. The second-order valence-electron chi connectivity index (χ2n) is 3.10. The van der Waals surface area contributed by atoms with E-state index in [0.717, 1.165) is 20.6 Å². The largest absolute Gasteiger partial charge is 0.340 e. The molecule has 1 heterocycles. The van der Waals surface area contributed by atoms with E-state index in [4.69, 9.17) is 11.6 Å². The van der Waals surface area contributed by atoms with Gasteiger partial charge in [-0.1, -0.05) is 17.7 Å². The molecule has 1 N–H and O–H groups in total. The maximum absolute atomic E-state index is 5.91. The zero-order valence-electron chi connectivity index (χ0n) is 8.05. The van der Waals surface area contributed by atoms with Crippen molar-refractivity contribution in [1.82, 2.24) is 4.98 Å². The SMILES string of the molecule is Clc1ccc(Nc2cccc(Br)n2)cc1Br. The lowest BCUT2D eigenvalue weighted by molar-refractivity contribution is 1.26. The summed E-state index contributed by atoms with van der Waals surface area (Å²) in [6, 6.07) is 11.3. The van der Waals surface area contributed by atoms with E-state index in [0.29, 0.717) is 5.02 Å². The van der Waals surface area contributed by atoms with Crippen molar-refractivity contribution in [2.24, 2.45) is 0 Å². The maximum atomic E-state index is 5.91. The molecule has 0 unspecified atom stereocenters. The van der Waals surface area contributed by atoms with Crippen LogP contribution in [0.1, 0.15) is 0 Å². The van der Waals surface area contributed by atoms with Crippen LogP contribution in [0.2, 0.25) is 5.02 Å². The summed E-state index contributed by atoms with van der Waals surface area (Å²) >= 11 is 12.6. The van der Waals surface area contributed by atoms with Gasteiger partial charge in [0.15, 0.2) is 0 Å². The number of nitrogens with one attached hydrogen (secondary N) is 1. The lowest BCUT2D eigenvalue weighted by atomic mass is 10.3. The molecule has 0 amide bonds. The molecule has 2 aromatic rings. The topological polar surface area (TPSA) is 24.9 Å². The summed E-state index contributed by atoms with van der Waals surface area (Å²) in [6.07, 6.45) is 0. The molecule has 0 aliphatic carbocycles. The Morgan fingerprint density at radius 2 is 1.94 bits per heavy atom. The molecule has 82 valence electrons. The van der Waals surface area contributed by atoms with Gasteiger partial charge in [0.1, 0.15) is 10.4 Å². The van der Waals surface area contributed by atoms with E-state index in [1.54, 1.807) is 0 Å². The highest BCUT2D eigenvalue weighted by molar-refractivity contribution is 9.10. The van der Waals surface area contributed by atoms with E-state index in [1.807, 2.05) is 36.4 Å². The fourth-order valence-electron chi connectivity index (χ4n) is 1.20. The van der Waals surface area contributed by atoms with Gasteiger partial charge in [0.25, 0.3) is 0 Å². The van der Waals surface area contributed by atoms with E-state index in [-0.39, 0.29) is 0 Å². The van der Waals surface area contributed by atoms with Crippen LogP contribution in [0.3, 0.4) is 0 Å². The van der Waals surface area contributed by atoms with Crippen LogP contribution in [0.25, 0.3) is 0 Å². The number of aromatic nitrogens is 1. The maximum Gasteiger partial charge on any atom is 0.131 e. The zero-order valence-corrected chi connectivity index (χ0v) is 12.0. The van der Waals surface area contributed by atoms with Crippen LogP contribution in [-0.4, -0.2) is 4.98 Å². The number of rotatable bonds is 2. The van der Waals surface area contributed by atoms with Gasteiger partial charge in [-0.2, -0.15) is 0 Å². The van der Waals surface area contributed by atoms with Crippen molar-refractivity contribution in [3.8, 4) is 0 Å². The van der Waals surface area contributed by atoms with Gasteiger partial charge in [0, 0.05) is 10.2 Å². The smallest absolute Gasteiger partial charge is 0.131 e. The van der Waals surface area contributed by atoms with Crippen molar-refractivity contribution in [2.45, 2.75) is 0 Å². The number of hydrogen-bond acceptors (Lipinski definition) is 2. The van der Waals surface area contributed by atoms with Crippen LogP contribution in [0.5, 0.6) is 0 Å². The highest BCUT2D eigenvalue weighted by atomic mass is 79.9. The van der Waals surface area contributed by atoms with E-state index < -0.39 is 0 Å². The van der Waals surface area contributed by atoms with Crippen LogP contribution >= 0.6 is 43.5 Å². The summed E-state index contributed by atoms with van der Waals surface area (Å²) in [5.41, 5.74) is 0.932. The van der Waals surface area contributed by atoms with Crippen LogP contribution in [-0.2, 0) is 0 Å². The Morgan fingerprint density at radius 1 is 1.12 bits per heavy atom.